The van der Waals surface area contributed by atoms with E-state index in [9.17, 15) is 9.59 Å². The van der Waals surface area contributed by atoms with E-state index in [0.29, 0.717) is 16.8 Å². The van der Waals surface area contributed by atoms with Crippen LogP contribution in [0.1, 0.15) is 36.7 Å². The highest BCUT2D eigenvalue weighted by molar-refractivity contribution is 6.06. The summed E-state index contributed by atoms with van der Waals surface area (Å²) in [6.45, 7) is 6.22. The molecule has 0 radical (unpaired) electrons. The number of rotatable bonds is 2. The number of carbonyl (C=O) groups excluding carboxylic acids is 1. The Morgan fingerprint density at radius 2 is 1.85 bits per heavy atom. The molecule has 2 aromatic carbocycles. The Morgan fingerprint density at radius 1 is 1.04 bits per heavy atom. The molecule has 1 amide bonds. The van der Waals surface area contributed by atoms with Gasteiger partial charge in [0.15, 0.2) is 0 Å². The Kier molecular flexibility index (Phi) is 3.84. The standard InChI is InChI=1S/C21H20N4O2/c1-21(2,3)15-10-19(26)25-17-9-13(5-6-14(15)17)24-20(27)12-4-7-16-18(8-12)23-11-22-16/h4-11H,1-3H3,(H,22,23)(H,24,27)(H,25,26). The molecule has 0 saturated carbocycles. The van der Waals surface area contributed by atoms with Crippen molar-refractivity contribution in [2.45, 2.75) is 26.2 Å². The van der Waals surface area contributed by atoms with Crippen LogP contribution in [-0.2, 0) is 5.41 Å². The molecule has 0 spiro atoms. The van der Waals surface area contributed by atoms with Gasteiger partial charge in [0.25, 0.3) is 5.91 Å². The molecule has 0 unspecified atom stereocenters. The third-order valence-electron chi connectivity index (χ3n) is 4.59. The Labute approximate surface area is 155 Å². The molecule has 0 aliphatic heterocycles. The summed E-state index contributed by atoms with van der Waals surface area (Å²) in [5.41, 5.74) is 4.14. The second-order valence-corrected chi connectivity index (χ2v) is 7.65. The minimum Gasteiger partial charge on any atom is -0.345 e. The molecule has 0 atom stereocenters. The van der Waals surface area contributed by atoms with Gasteiger partial charge in [0, 0.05) is 22.7 Å². The molecule has 0 bridgehead atoms. The highest BCUT2D eigenvalue weighted by Crippen LogP contribution is 2.29. The van der Waals surface area contributed by atoms with Gasteiger partial charge in [-0.3, -0.25) is 9.59 Å². The summed E-state index contributed by atoms with van der Waals surface area (Å²) < 4.78 is 0. The Balaban J connectivity index is 1.69. The predicted molar refractivity (Wildman–Crippen MR) is 107 cm³/mol. The number of hydrogen-bond acceptors (Lipinski definition) is 3. The molecule has 6 nitrogen and oxygen atoms in total. The molecule has 136 valence electrons. The molecular weight excluding hydrogens is 340 g/mol. The van der Waals surface area contributed by atoms with Crippen LogP contribution in [0.2, 0.25) is 0 Å². The molecule has 0 saturated heterocycles. The van der Waals surface area contributed by atoms with E-state index in [1.54, 1.807) is 36.7 Å². The zero-order valence-corrected chi connectivity index (χ0v) is 15.4. The Bertz CT molecular complexity index is 1230. The molecule has 27 heavy (non-hydrogen) atoms. The van der Waals surface area contributed by atoms with Gasteiger partial charge in [-0.15, -0.1) is 0 Å². The molecule has 3 N–H and O–H groups in total. The van der Waals surface area contributed by atoms with E-state index in [-0.39, 0.29) is 16.9 Å². The molecule has 0 fully saturated rings. The number of amides is 1. The normalized spacial score (nSPS) is 11.8. The van der Waals surface area contributed by atoms with Crippen molar-refractivity contribution in [2.75, 3.05) is 5.32 Å². The first-order valence-corrected chi connectivity index (χ1v) is 8.73. The van der Waals surface area contributed by atoms with Gasteiger partial charge in [-0.25, -0.2) is 4.98 Å². The summed E-state index contributed by atoms with van der Waals surface area (Å²) in [7, 11) is 0. The molecule has 2 heterocycles. The number of nitrogens with one attached hydrogen (secondary N) is 3. The summed E-state index contributed by atoms with van der Waals surface area (Å²) in [4.78, 5) is 34.7. The third-order valence-corrected chi connectivity index (χ3v) is 4.59. The lowest BCUT2D eigenvalue weighted by Gasteiger charge is -2.21. The number of H-pyrrole nitrogens is 2. The van der Waals surface area contributed by atoms with Crippen LogP contribution >= 0.6 is 0 Å². The van der Waals surface area contributed by atoms with Crippen molar-refractivity contribution in [3.8, 4) is 0 Å². The van der Waals surface area contributed by atoms with Gasteiger partial charge in [-0.1, -0.05) is 26.8 Å². The van der Waals surface area contributed by atoms with Crippen molar-refractivity contribution in [3.05, 3.63) is 70.3 Å². The molecule has 4 aromatic rings. The molecule has 4 rings (SSSR count). The van der Waals surface area contributed by atoms with Gasteiger partial charge in [-0.05, 0) is 41.3 Å². The minimum absolute atomic E-state index is 0.152. The van der Waals surface area contributed by atoms with E-state index >= 15 is 0 Å². The van der Waals surface area contributed by atoms with E-state index < -0.39 is 0 Å². The van der Waals surface area contributed by atoms with Gasteiger partial charge in [0.1, 0.15) is 0 Å². The lowest BCUT2D eigenvalue weighted by molar-refractivity contribution is 0.102. The first-order chi connectivity index (χ1) is 12.8. The average Bonchev–Trinajstić information content (AvgIpc) is 3.07. The Hall–Kier alpha value is -3.41. The quantitative estimate of drug-likeness (QED) is 0.505. The van der Waals surface area contributed by atoms with Crippen LogP contribution in [0.4, 0.5) is 5.69 Å². The molecular formula is C21H20N4O2. The van der Waals surface area contributed by atoms with E-state index in [0.717, 1.165) is 22.0 Å². The van der Waals surface area contributed by atoms with Crippen LogP contribution in [0.25, 0.3) is 21.9 Å². The van der Waals surface area contributed by atoms with E-state index in [1.807, 2.05) is 12.1 Å². The van der Waals surface area contributed by atoms with Gasteiger partial charge < -0.3 is 15.3 Å². The maximum absolute atomic E-state index is 12.6. The van der Waals surface area contributed by atoms with Crippen LogP contribution < -0.4 is 10.9 Å². The fraction of sp³-hybridized carbons (Fsp3) is 0.190. The lowest BCUT2D eigenvalue weighted by Crippen LogP contribution is -2.17. The number of carbonyl (C=O) groups is 1. The maximum Gasteiger partial charge on any atom is 0.255 e. The summed E-state index contributed by atoms with van der Waals surface area (Å²) in [5.74, 6) is -0.222. The third kappa shape index (κ3) is 3.21. The highest BCUT2D eigenvalue weighted by Gasteiger charge is 2.18. The highest BCUT2D eigenvalue weighted by atomic mass is 16.1. The second kappa shape index (κ2) is 6.09. The SMILES string of the molecule is CC(C)(C)c1cc(=O)[nH]c2cc(NC(=O)c3ccc4nc[nH]c4c3)ccc12. The number of nitrogens with zero attached hydrogens (tertiary/aromatic N) is 1. The summed E-state index contributed by atoms with van der Waals surface area (Å²) in [6.07, 6.45) is 1.60. The summed E-state index contributed by atoms with van der Waals surface area (Å²) in [6, 6.07) is 12.5. The average molecular weight is 360 g/mol. The number of imidazole rings is 1. The van der Waals surface area contributed by atoms with E-state index in [4.69, 9.17) is 0 Å². The minimum atomic E-state index is -0.222. The number of fused-ring (bicyclic) bond motifs is 2. The van der Waals surface area contributed by atoms with Crippen molar-refractivity contribution < 1.29 is 4.79 Å². The zero-order chi connectivity index (χ0) is 19.2. The number of anilines is 1. The van der Waals surface area contributed by atoms with Crippen molar-refractivity contribution in [2.24, 2.45) is 0 Å². The number of aromatic amines is 2. The predicted octanol–water partition coefficient (Wildman–Crippen LogP) is 3.95. The zero-order valence-electron chi connectivity index (χ0n) is 15.4. The molecule has 0 aliphatic carbocycles. The number of hydrogen-bond donors (Lipinski definition) is 3. The topological polar surface area (TPSA) is 90.6 Å². The van der Waals surface area contributed by atoms with Gasteiger partial charge in [0.2, 0.25) is 5.56 Å². The molecule has 6 heteroatoms. The molecule has 2 aromatic heterocycles. The van der Waals surface area contributed by atoms with Gasteiger partial charge in [0.05, 0.1) is 22.9 Å². The van der Waals surface area contributed by atoms with E-state index in [1.165, 1.54) is 0 Å². The largest absolute Gasteiger partial charge is 0.345 e. The summed E-state index contributed by atoms with van der Waals surface area (Å²) >= 11 is 0. The van der Waals surface area contributed by atoms with Gasteiger partial charge in [-0.2, -0.15) is 0 Å². The van der Waals surface area contributed by atoms with Crippen LogP contribution in [-0.4, -0.2) is 20.9 Å². The van der Waals surface area contributed by atoms with Crippen molar-refractivity contribution >= 4 is 33.5 Å². The number of aromatic nitrogens is 3. The smallest absolute Gasteiger partial charge is 0.255 e. The van der Waals surface area contributed by atoms with Gasteiger partial charge >= 0.3 is 0 Å². The molecule has 0 aliphatic rings. The van der Waals surface area contributed by atoms with Crippen molar-refractivity contribution in [3.63, 3.8) is 0 Å². The first-order valence-electron chi connectivity index (χ1n) is 8.73. The fourth-order valence-corrected chi connectivity index (χ4v) is 3.24. The first kappa shape index (κ1) is 17.0. The van der Waals surface area contributed by atoms with Crippen LogP contribution in [0, 0.1) is 0 Å². The van der Waals surface area contributed by atoms with Crippen LogP contribution in [0.15, 0.2) is 53.6 Å². The van der Waals surface area contributed by atoms with Crippen molar-refractivity contribution in [1.29, 1.82) is 0 Å². The number of pyridine rings is 1. The Morgan fingerprint density at radius 3 is 2.63 bits per heavy atom. The fourth-order valence-electron chi connectivity index (χ4n) is 3.24. The van der Waals surface area contributed by atoms with E-state index in [2.05, 4.69) is 41.0 Å². The maximum atomic E-state index is 12.6. The van der Waals surface area contributed by atoms with Crippen LogP contribution in [0.3, 0.4) is 0 Å². The monoisotopic (exact) mass is 360 g/mol. The number of benzene rings is 2. The van der Waals surface area contributed by atoms with Crippen LogP contribution in [0.5, 0.6) is 0 Å². The summed E-state index contributed by atoms with van der Waals surface area (Å²) in [5, 5.41) is 3.86. The lowest BCUT2D eigenvalue weighted by atomic mass is 9.85. The van der Waals surface area contributed by atoms with Crippen molar-refractivity contribution in [1.82, 2.24) is 15.0 Å². The second-order valence-electron chi connectivity index (χ2n) is 7.65.